The van der Waals surface area contributed by atoms with Crippen LogP contribution in [-0.4, -0.2) is 19.7 Å². The van der Waals surface area contributed by atoms with Gasteiger partial charge in [0.1, 0.15) is 22.6 Å². The maximum Gasteiger partial charge on any atom is 0.190 e. The Hall–Kier alpha value is -2.23. The first-order valence-electron chi connectivity index (χ1n) is 6.27. The fourth-order valence-corrected chi connectivity index (χ4v) is 2.49. The summed E-state index contributed by atoms with van der Waals surface area (Å²) in [7, 11) is 0. The molecule has 0 aliphatic rings. The van der Waals surface area contributed by atoms with Gasteiger partial charge in [0, 0.05) is 10.6 Å². The number of benzene rings is 1. The summed E-state index contributed by atoms with van der Waals surface area (Å²) in [6, 6.07) is 5.83. The summed E-state index contributed by atoms with van der Waals surface area (Å²) < 4.78 is 15.5. The van der Waals surface area contributed by atoms with E-state index in [1.807, 2.05) is 6.07 Å². The first-order chi connectivity index (χ1) is 10.5. The van der Waals surface area contributed by atoms with Crippen LogP contribution in [0.3, 0.4) is 0 Å². The molecule has 0 spiro atoms. The molecule has 8 heteroatoms. The summed E-state index contributed by atoms with van der Waals surface area (Å²) >= 11 is 11.6. The number of rotatable bonds is 2. The Bertz CT molecular complexity index is 915. The highest BCUT2D eigenvalue weighted by molar-refractivity contribution is 6.30. The third kappa shape index (κ3) is 2.39. The number of nitrogens with zero attached hydrogens (tertiary/aromatic N) is 5. The Kier molecular flexibility index (Phi) is 3.69. The SMILES string of the molecule is C[C@H](c1ccc(Cl)cc1F)n1nc(C#N)c2ncc(Cl)nc21. The van der Waals surface area contributed by atoms with E-state index in [2.05, 4.69) is 15.1 Å². The molecule has 0 aliphatic carbocycles. The molecule has 0 saturated heterocycles. The van der Waals surface area contributed by atoms with E-state index in [9.17, 15) is 4.39 Å². The van der Waals surface area contributed by atoms with Gasteiger partial charge in [0.15, 0.2) is 11.3 Å². The van der Waals surface area contributed by atoms with Crippen LogP contribution in [0, 0.1) is 17.1 Å². The normalized spacial score (nSPS) is 12.3. The van der Waals surface area contributed by atoms with Crippen molar-refractivity contribution < 1.29 is 4.39 Å². The molecular weight excluding hydrogens is 328 g/mol. The Labute approximate surface area is 134 Å². The number of fused-ring (bicyclic) bond motifs is 1. The van der Waals surface area contributed by atoms with Crippen molar-refractivity contribution in [2.75, 3.05) is 0 Å². The fraction of sp³-hybridized carbons (Fsp3) is 0.143. The molecule has 0 radical (unpaired) electrons. The van der Waals surface area contributed by atoms with E-state index >= 15 is 0 Å². The molecule has 0 saturated carbocycles. The molecule has 22 heavy (non-hydrogen) atoms. The minimum Gasteiger partial charge on any atom is -0.247 e. The summed E-state index contributed by atoms with van der Waals surface area (Å²) in [5, 5.41) is 13.8. The zero-order valence-corrected chi connectivity index (χ0v) is 12.8. The minimum absolute atomic E-state index is 0.111. The van der Waals surface area contributed by atoms with Crippen LogP contribution in [-0.2, 0) is 0 Å². The number of aromatic nitrogens is 4. The second kappa shape index (κ2) is 5.52. The molecule has 1 atom stereocenters. The molecule has 5 nitrogen and oxygen atoms in total. The lowest BCUT2D eigenvalue weighted by Gasteiger charge is -2.14. The van der Waals surface area contributed by atoms with E-state index in [-0.39, 0.29) is 10.8 Å². The van der Waals surface area contributed by atoms with Gasteiger partial charge in [-0.05, 0) is 19.1 Å². The Morgan fingerprint density at radius 1 is 1.36 bits per heavy atom. The molecule has 2 aromatic heterocycles. The molecule has 3 rings (SSSR count). The van der Waals surface area contributed by atoms with Crippen molar-refractivity contribution in [1.29, 1.82) is 5.26 Å². The van der Waals surface area contributed by atoms with Gasteiger partial charge < -0.3 is 0 Å². The highest BCUT2D eigenvalue weighted by Gasteiger charge is 2.21. The zero-order chi connectivity index (χ0) is 15.9. The lowest BCUT2D eigenvalue weighted by atomic mass is 10.1. The summed E-state index contributed by atoms with van der Waals surface area (Å²) in [4.78, 5) is 8.21. The second-order valence-corrected chi connectivity index (χ2v) is 5.44. The van der Waals surface area contributed by atoms with Crippen LogP contribution in [0.2, 0.25) is 10.2 Å². The van der Waals surface area contributed by atoms with Gasteiger partial charge in [-0.1, -0.05) is 29.3 Å². The van der Waals surface area contributed by atoms with Crippen molar-refractivity contribution in [3.05, 3.63) is 51.6 Å². The lowest BCUT2D eigenvalue weighted by Crippen LogP contribution is -2.11. The maximum absolute atomic E-state index is 14.1. The van der Waals surface area contributed by atoms with Gasteiger partial charge in [0.2, 0.25) is 0 Å². The molecule has 0 amide bonds. The van der Waals surface area contributed by atoms with Gasteiger partial charge in [-0.3, -0.25) is 0 Å². The number of nitriles is 1. The van der Waals surface area contributed by atoms with E-state index in [1.54, 1.807) is 19.1 Å². The van der Waals surface area contributed by atoms with Crippen LogP contribution in [0.5, 0.6) is 0 Å². The number of hydrogen-bond donors (Lipinski definition) is 0. The fourth-order valence-electron chi connectivity index (χ4n) is 2.21. The molecule has 2 heterocycles. The smallest absolute Gasteiger partial charge is 0.190 e. The van der Waals surface area contributed by atoms with Crippen molar-refractivity contribution in [2.45, 2.75) is 13.0 Å². The molecule has 3 aromatic rings. The van der Waals surface area contributed by atoms with Crippen molar-refractivity contribution in [1.82, 2.24) is 19.7 Å². The molecule has 0 fully saturated rings. The topological polar surface area (TPSA) is 67.4 Å². The van der Waals surface area contributed by atoms with Crippen LogP contribution in [0.15, 0.2) is 24.4 Å². The minimum atomic E-state index is -0.505. The van der Waals surface area contributed by atoms with Crippen LogP contribution < -0.4 is 0 Å². The molecule has 0 bridgehead atoms. The number of halogens is 3. The average molecular weight is 336 g/mol. The first-order valence-corrected chi connectivity index (χ1v) is 7.02. The Balaban J connectivity index is 2.21. The third-order valence-electron chi connectivity index (χ3n) is 3.26. The predicted octanol–water partition coefficient (Wildman–Crippen LogP) is 3.75. The monoisotopic (exact) mass is 335 g/mol. The van der Waals surface area contributed by atoms with Crippen LogP contribution in [0.4, 0.5) is 4.39 Å². The van der Waals surface area contributed by atoms with Gasteiger partial charge in [-0.25, -0.2) is 19.0 Å². The Morgan fingerprint density at radius 3 is 2.82 bits per heavy atom. The standard InChI is InChI=1S/C14H8Cl2FN5/c1-7(9-3-2-8(15)4-10(9)17)22-14-13(11(5-18)21-22)19-6-12(16)20-14/h2-4,6-7H,1H3/t7-/m1/s1. The van der Waals surface area contributed by atoms with E-state index in [4.69, 9.17) is 28.5 Å². The van der Waals surface area contributed by atoms with Gasteiger partial charge in [-0.15, -0.1) is 0 Å². The maximum atomic E-state index is 14.1. The molecule has 110 valence electrons. The van der Waals surface area contributed by atoms with Gasteiger partial charge in [0.05, 0.1) is 12.2 Å². The van der Waals surface area contributed by atoms with Crippen molar-refractivity contribution >= 4 is 34.4 Å². The van der Waals surface area contributed by atoms with Crippen molar-refractivity contribution in [2.24, 2.45) is 0 Å². The van der Waals surface area contributed by atoms with Crippen LogP contribution in [0.1, 0.15) is 24.2 Å². The molecular formula is C14H8Cl2FN5. The quantitative estimate of drug-likeness (QED) is 0.715. The highest BCUT2D eigenvalue weighted by Crippen LogP contribution is 2.27. The molecule has 0 aliphatic heterocycles. The van der Waals surface area contributed by atoms with Crippen molar-refractivity contribution in [3.63, 3.8) is 0 Å². The van der Waals surface area contributed by atoms with E-state index in [0.29, 0.717) is 21.7 Å². The van der Waals surface area contributed by atoms with Gasteiger partial charge in [-0.2, -0.15) is 10.4 Å². The van der Waals surface area contributed by atoms with E-state index in [1.165, 1.54) is 16.9 Å². The van der Waals surface area contributed by atoms with Gasteiger partial charge >= 0.3 is 0 Å². The van der Waals surface area contributed by atoms with Crippen molar-refractivity contribution in [3.8, 4) is 6.07 Å². The molecule has 0 unspecified atom stereocenters. The molecule has 0 N–H and O–H groups in total. The lowest BCUT2D eigenvalue weighted by molar-refractivity contribution is 0.529. The summed E-state index contributed by atoms with van der Waals surface area (Å²) in [5.41, 5.74) is 1.14. The molecule has 1 aromatic carbocycles. The Morgan fingerprint density at radius 2 is 2.14 bits per heavy atom. The predicted molar refractivity (Wildman–Crippen MR) is 80.3 cm³/mol. The van der Waals surface area contributed by atoms with Crippen LogP contribution in [0.25, 0.3) is 11.2 Å². The van der Waals surface area contributed by atoms with Crippen LogP contribution >= 0.6 is 23.2 Å². The average Bonchev–Trinajstić information content (AvgIpc) is 2.84. The number of hydrogen-bond acceptors (Lipinski definition) is 4. The largest absolute Gasteiger partial charge is 0.247 e. The zero-order valence-electron chi connectivity index (χ0n) is 11.3. The third-order valence-corrected chi connectivity index (χ3v) is 3.68. The summed E-state index contributed by atoms with van der Waals surface area (Å²) in [5.74, 6) is -0.461. The second-order valence-electron chi connectivity index (χ2n) is 4.61. The van der Waals surface area contributed by atoms with E-state index < -0.39 is 11.9 Å². The summed E-state index contributed by atoms with van der Waals surface area (Å²) in [6.07, 6.45) is 1.34. The van der Waals surface area contributed by atoms with Gasteiger partial charge in [0.25, 0.3) is 0 Å². The van der Waals surface area contributed by atoms with E-state index in [0.717, 1.165) is 0 Å². The first kappa shape index (κ1) is 14.7. The highest BCUT2D eigenvalue weighted by atomic mass is 35.5. The summed E-state index contributed by atoms with van der Waals surface area (Å²) in [6.45, 7) is 1.74.